The molecular weight excluding hydrogens is 631 g/mol. The summed E-state index contributed by atoms with van der Waals surface area (Å²) in [7, 11) is 0. The molecule has 0 aliphatic heterocycles. The van der Waals surface area contributed by atoms with Gasteiger partial charge >= 0.3 is 0 Å². The van der Waals surface area contributed by atoms with Gasteiger partial charge in [0.2, 0.25) is 0 Å². The molecule has 7 nitrogen and oxygen atoms in total. The molecule has 0 unspecified atom stereocenters. The molecule has 10 heteroatoms. The van der Waals surface area contributed by atoms with Gasteiger partial charge in [0.25, 0.3) is 11.5 Å². The number of fused-ring (bicyclic) bond motifs is 1. The smallest absolute Gasteiger partial charge is 0.282 e. The third-order valence-corrected chi connectivity index (χ3v) is 7.68. The first kappa shape index (κ1) is 27.2. The highest BCUT2D eigenvalue weighted by Gasteiger charge is 2.22. The Balaban J connectivity index is 1.35. The number of hydrogen-bond acceptors (Lipinski definition) is 5. The van der Waals surface area contributed by atoms with Gasteiger partial charge in [0.15, 0.2) is 6.61 Å². The lowest BCUT2D eigenvalue weighted by Crippen LogP contribution is -2.25. The molecule has 39 heavy (non-hydrogen) atoms. The molecule has 3 aromatic carbocycles. The first-order valence-electron chi connectivity index (χ1n) is 12.6. The second-order valence-corrected chi connectivity index (χ2v) is 11.1. The first-order chi connectivity index (χ1) is 18.9. The van der Waals surface area contributed by atoms with E-state index in [4.69, 9.17) is 9.72 Å². The van der Waals surface area contributed by atoms with E-state index in [1.165, 1.54) is 35.4 Å². The fourth-order valence-electron chi connectivity index (χ4n) is 4.62. The van der Waals surface area contributed by atoms with Crippen LogP contribution in [0.4, 0.5) is 10.1 Å². The Morgan fingerprint density at radius 3 is 2.59 bits per heavy atom. The van der Waals surface area contributed by atoms with Crippen molar-refractivity contribution in [1.82, 2.24) is 9.66 Å². The van der Waals surface area contributed by atoms with Crippen LogP contribution < -0.4 is 15.6 Å². The summed E-state index contributed by atoms with van der Waals surface area (Å²) < 4.78 is 21.6. The number of carbonyl (C=O) groups is 1. The molecule has 0 saturated heterocycles. The van der Waals surface area contributed by atoms with E-state index in [1.807, 2.05) is 12.1 Å². The Morgan fingerprint density at radius 2 is 1.85 bits per heavy atom. The van der Waals surface area contributed by atoms with Gasteiger partial charge < -0.3 is 10.1 Å². The van der Waals surface area contributed by atoms with Crippen molar-refractivity contribution < 1.29 is 13.9 Å². The number of carbonyl (C=O) groups excluding carboxylic acids is 1. The monoisotopic (exact) mass is 654 g/mol. The number of hydrogen-bond donors (Lipinski definition) is 1. The summed E-state index contributed by atoms with van der Waals surface area (Å²) in [5.41, 5.74) is 1.68. The molecular formula is C29H25Br2FN4O3. The Kier molecular flexibility index (Phi) is 8.52. The molecule has 0 spiro atoms. The van der Waals surface area contributed by atoms with Gasteiger partial charge in [-0.1, -0.05) is 35.2 Å². The highest BCUT2D eigenvalue weighted by molar-refractivity contribution is 9.10. The summed E-state index contributed by atoms with van der Waals surface area (Å²) in [6.07, 6.45) is 7.00. The van der Waals surface area contributed by atoms with Crippen molar-refractivity contribution in [2.45, 2.75) is 38.0 Å². The minimum atomic E-state index is -0.378. The van der Waals surface area contributed by atoms with Crippen LogP contribution in [-0.4, -0.2) is 28.4 Å². The van der Waals surface area contributed by atoms with Gasteiger partial charge in [-0.05, 0) is 95.0 Å². The van der Waals surface area contributed by atoms with Gasteiger partial charge in [-0.25, -0.2) is 9.37 Å². The molecule has 0 atom stereocenters. The van der Waals surface area contributed by atoms with E-state index in [0.717, 1.165) is 35.7 Å². The molecule has 1 aliphatic rings. The van der Waals surface area contributed by atoms with Crippen molar-refractivity contribution in [3.8, 4) is 5.75 Å². The quantitative estimate of drug-likeness (QED) is 0.217. The van der Waals surface area contributed by atoms with Crippen LogP contribution in [0.5, 0.6) is 5.75 Å². The van der Waals surface area contributed by atoms with Crippen molar-refractivity contribution in [3.05, 3.63) is 97.2 Å². The minimum absolute atomic E-state index is 0.181. The normalized spacial score (nSPS) is 14.1. The summed E-state index contributed by atoms with van der Waals surface area (Å²) in [6, 6.07) is 16.3. The van der Waals surface area contributed by atoms with Crippen LogP contribution in [0, 0.1) is 5.82 Å². The third kappa shape index (κ3) is 6.62. The molecule has 1 heterocycles. The fraction of sp³-hybridized carbons (Fsp3) is 0.241. The number of nitrogens with zero attached hydrogens (tertiary/aromatic N) is 3. The van der Waals surface area contributed by atoms with Crippen LogP contribution in [0.15, 0.2) is 79.5 Å². The van der Waals surface area contributed by atoms with Crippen molar-refractivity contribution in [1.29, 1.82) is 0 Å². The minimum Gasteiger partial charge on any atom is -0.483 e. The molecule has 0 bridgehead atoms. The van der Waals surface area contributed by atoms with Gasteiger partial charge in [0, 0.05) is 16.1 Å². The number of nitrogens with one attached hydrogen (secondary N) is 1. The van der Waals surface area contributed by atoms with Gasteiger partial charge in [0.1, 0.15) is 17.4 Å². The largest absolute Gasteiger partial charge is 0.483 e. The standard InChI is InChI=1S/C29H25Br2FN4O3/c30-20-7-12-25-23(15-20)29(38)36(28(35-25)19-4-2-1-3-5-19)33-16-18-6-13-26(24(31)14-18)39-17-27(37)34-22-10-8-21(32)9-11-22/h6-16,19H,1-5,17H2,(H,34,37). The van der Waals surface area contributed by atoms with Crippen LogP contribution in [0.2, 0.25) is 0 Å². The molecule has 1 fully saturated rings. The molecule has 4 aromatic rings. The number of ether oxygens (including phenoxy) is 1. The maximum absolute atomic E-state index is 13.5. The van der Waals surface area contributed by atoms with Crippen molar-refractivity contribution in [2.75, 3.05) is 11.9 Å². The number of benzene rings is 3. The predicted molar refractivity (Wildman–Crippen MR) is 157 cm³/mol. The lowest BCUT2D eigenvalue weighted by Gasteiger charge is -2.22. The third-order valence-electron chi connectivity index (χ3n) is 6.57. The molecule has 1 saturated carbocycles. The molecule has 5 rings (SSSR count). The van der Waals surface area contributed by atoms with E-state index in [2.05, 4.69) is 42.3 Å². The zero-order valence-corrected chi connectivity index (χ0v) is 24.0. The Labute approximate surface area is 241 Å². The van der Waals surface area contributed by atoms with Gasteiger partial charge in [-0.3, -0.25) is 9.59 Å². The van der Waals surface area contributed by atoms with Crippen molar-refractivity contribution in [2.24, 2.45) is 5.10 Å². The maximum atomic E-state index is 13.5. The second kappa shape index (κ2) is 12.2. The summed E-state index contributed by atoms with van der Waals surface area (Å²) in [5.74, 6) is 0.594. The number of anilines is 1. The van der Waals surface area contributed by atoms with Gasteiger partial charge in [0.05, 0.1) is 21.6 Å². The number of rotatable bonds is 7. The zero-order valence-electron chi connectivity index (χ0n) is 20.9. The molecule has 200 valence electrons. The summed E-state index contributed by atoms with van der Waals surface area (Å²) in [6.45, 7) is -0.220. The van der Waals surface area contributed by atoms with E-state index in [0.29, 0.717) is 32.6 Å². The number of amides is 1. The molecule has 1 amide bonds. The van der Waals surface area contributed by atoms with Gasteiger partial charge in [-0.2, -0.15) is 9.78 Å². The van der Waals surface area contributed by atoms with Crippen LogP contribution in [0.3, 0.4) is 0 Å². The van der Waals surface area contributed by atoms with Crippen LogP contribution >= 0.6 is 31.9 Å². The topological polar surface area (TPSA) is 85.6 Å². The Bertz CT molecular complexity index is 1600. The highest BCUT2D eigenvalue weighted by atomic mass is 79.9. The van der Waals surface area contributed by atoms with E-state index in [-0.39, 0.29) is 29.8 Å². The average molecular weight is 656 g/mol. The summed E-state index contributed by atoms with van der Waals surface area (Å²) in [5, 5.41) is 7.74. The van der Waals surface area contributed by atoms with Gasteiger partial charge in [-0.15, -0.1) is 0 Å². The van der Waals surface area contributed by atoms with E-state index in [9.17, 15) is 14.0 Å². The molecule has 1 aromatic heterocycles. The zero-order chi connectivity index (χ0) is 27.4. The first-order valence-corrected chi connectivity index (χ1v) is 14.2. The van der Waals surface area contributed by atoms with E-state index < -0.39 is 0 Å². The Hall–Kier alpha value is -3.37. The molecule has 1 aliphatic carbocycles. The van der Waals surface area contributed by atoms with Crippen molar-refractivity contribution >= 4 is 60.6 Å². The average Bonchev–Trinajstić information content (AvgIpc) is 2.94. The SMILES string of the molecule is O=C(COc1ccc(C=Nn2c(C3CCCCC3)nc3ccc(Br)cc3c2=O)cc1Br)Nc1ccc(F)cc1. The lowest BCUT2D eigenvalue weighted by atomic mass is 9.88. The van der Waals surface area contributed by atoms with Crippen LogP contribution in [-0.2, 0) is 4.79 Å². The summed E-state index contributed by atoms with van der Waals surface area (Å²) in [4.78, 5) is 30.6. The highest BCUT2D eigenvalue weighted by Crippen LogP contribution is 2.32. The van der Waals surface area contributed by atoms with Crippen molar-refractivity contribution in [3.63, 3.8) is 0 Å². The van der Waals surface area contributed by atoms with Crippen LogP contribution in [0.25, 0.3) is 10.9 Å². The Morgan fingerprint density at radius 1 is 1.08 bits per heavy atom. The van der Waals surface area contributed by atoms with Crippen LogP contribution in [0.1, 0.15) is 49.4 Å². The number of aromatic nitrogens is 2. The second-order valence-electron chi connectivity index (χ2n) is 9.36. The predicted octanol–water partition coefficient (Wildman–Crippen LogP) is 7.01. The molecule has 1 N–H and O–H groups in total. The molecule has 0 radical (unpaired) electrons. The summed E-state index contributed by atoms with van der Waals surface area (Å²) >= 11 is 6.93. The maximum Gasteiger partial charge on any atom is 0.282 e. The fourth-order valence-corrected chi connectivity index (χ4v) is 5.49. The van der Waals surface area contributed by atoms with E-state index >= 15 is 0 Å². The van der Waals surface area contributed by atoms with E-state index in [1.54, 1.807) is 30.5 Å². The number of halogens is 3. The lowest BCUT2D eigenvalue weighted by molar-refractivity contribution is -0.118.